The van der Waals surface area contributed by atoms with E-state index in [1.54, 1.807) is 55.1 Å². The van der Waals surface area contributed by atoms with Crippen LogP contribution in [0.5, 0.6) is 0 Å². The molecule has 0 fully saturated rings. The molecule has 29 heavy (non-hydrogen) atoms. The molecule has 2 N–H and O–H groups in total. The van der Waals surface area contributed by atoms with Gasteiger partial charge in [0.25, 0.3) is 11.5 Å². The van der Waals surface area contributed by atoms with Crippen LogP contribution < -0.4 is 16.6 Å². The number of nitrogens with one attached hydrogen (secondary N) is 2. The molecule has 0 aliphatic rings. The number of hydrogen-bond donors (Lipinski definition) is 2. The summed E-state index contributed by atoms with van der Waals surface area (Å²) in [5.41, 5.74) is 0.955. The number of para-hydroxylation sites is 2. The Labute approximate surface area is 164 Å². The number of H-pyrrole nitrogens is 1. The molecule has 4 rings (SSSR count). The number of aromatic nitrogens is 5. The standard InChI is InChI=1S/C20H18N6O3/c1-13-16(19(28)26(24(13)2)15-11-7-4-8-12-15)21-18(27)17-22-20(29)25(23-17)14-9-5-3-6-10-14/h3-12H,1-2H3,(H,21,27)(H,22,23,29). The van der Waals surface area contributed by atoms with E-state index in [0.717, 1.165) is 4.68 Å². The monoisotopic (exact) mass is 390 g/mol. The first-order valence-corrected chi connectivity index (χ1v) is 8.87. The second-order valence-electron chi connectivity index (χ2n) is 6.42. The predicted octanol–water partition coefficient (Wildman–Crippen LogP) is 1.61. The third-order valence-electron chi connectivity index (χ3n) is 4.63. The van der Waals surface area contributed by atoms with Gasteiger partial charge < -0.3 is 5.32 Å². The largest absolute Gasteiger partial charge is 0.348 e. The highest BCUT2D eigenvalue weighted by Crippen LogP contribution is 2.14. The van der Waals surface area contributed by atoms with Gasteiger partial charge in [0.05, 0.1) is 17.1 Å². The van der Waals surface area contributed by atoms with Gasteiger partial charge in [-0.25, -0.2) is 9.48 Å². The minimum Gasteiger partial charge on any atom is -0.313 e. The maximum Gasteiger partial charge on any atom is 0.348 e. The Bertz CT molecular complexity index is 1300. The molecular weight excluding hydrogens is 372 g/mol. The average Bonchev–Trinajstić information content (AvgIpc) is 3.23. The lowest BCUT2D eigenvalue weighted by Crippen LogP contribution is -2.23. The molecule has 0 radical (unpaired) electrons. The van der Waals surface area contributed by atoms with Crippen LogP contribution in [0.15, 0.2) is 70.3 Å². The van der Waals surface area contributed by atoms with Crippen molar-refractivity contribution in [3.63, 3.8) is 0 Å². The van der Waals surface area contributed by atoms with Crippen molar-refractivity contribution < 1.29 is 4.79 Å². The lowest BCUT2D eigenvalue weighted by molar-refractivity contribution is 0.101. The van der Waals surface area contributed by atoms with E-state index in [4.69, 9.17) is 0 Å². The van der Waals surface area contributed by atoms with Gasteiger partial charge in [-0.15, -0.1) is 5.10 Å². The molecule has 0 aliphatic carbocycles. The van der Waals surface area contributed by atoms with E-state index in [1.165, 1.54) is 4.68 Å². The molecule has 0 bridgehead atoms. The van der Waals surface area contributed by atoms with E-state index in [0.29, 0.717) is 17.1 Å². The predicted molar refractivity (Wildman–Crippen MR) is 108 cm³/mol. The van der Waals surface area contributed by atoms with Crippen molar-refractivity contribution in [2.75, 3.05) is 5.32 Å². The van der Waals surface area contributed by atoms with Crippen molar-refractivity contribution in [3.8, 4) is 11.4 Å². The number of amides is 1. The quantitative estimate of drug-likeness (QED) is 0.552. The Morgan fingerprint density at radius 2 is 1.55 bits per heavy atom. The molecule has 0 saturated carbocycles. The van der Waals surface area contributed by atoms with Gasteiger partial charge in [-0.2, -0.15) is 4.68 Å². The van der Waals surface area contributed by atoms with E-state index in [2.05, 4.69) is 15.4 Å². The highest BCUT2D eigenvalue weighted by molar-refractivity contribution is 6.01. The molecule has 0 unspecified atom stereocenters. The Morgan fingerprint density at radius 3 is 2.17 bits per heavy atom. The van der Waals surface area contributed by atoms with Crippen LogP contribution in [0.2, 0.25) is 0 Å². The summed E-state index contributed by atoms with van der Waals surface area (Å²) in [6, 6.07) is 17.8. The van der Waals surface area contributed by atoms with E-state index in [-0.39, 0.29) is 17.1 Å². The van der Waals surface area contributed by atoms with Gasteiger partial charge in [0.1, 0.15) is 5.69 Å². The van der Waals surface area contributed by atoms with Gasteiger partial charge in [-0.05, 0) is 31.2 Å². The van der Waals surface area contributed by atoms with Crippen LogP contribution in [0, 0.1) is 6.92 Å². The number of aromatic amines is 1. The zero-order valence-corrected chi connectivity index (χ0v) is 15.8. The number of anilines is 1. The smallest absolute Gasteiger partial charge is 0.313 e. The molecule has 0 saturated heterocycles. The van der Waals surface area contributed by atoms with Crippen LogP contribution in [0.25, 0.3) is 11.4 Å². The van der Waals surface area contributed by atoms with E-state index >= 15 is 0 Å². The molecular formula is C20H18N6O3. The van der Waals surface area contributed by atoms with E-state index < -0.39 is 11.6 Å². The first-order valence-electron chi connectivity index (χ1n) is 8.87. The topological polar surface area (TPSA) is 107 Å². The zero-order valence-electron chi connectivity index (χ0n) is 15.8. The molecule has 9 nitrogen and oxygen atoms in total. The van der Waals surface area contributed by atoms with Crippen molar-refractivity contribution in [1.82, 2.24) is 24.1 Å². The minimum atomic E-state index is -0.678. The lowest BCUT2D eigenvalue weighted by Gasteiger charge is -2.07. The molecule has 9 heteroatoms. The summed E-state index contributed by atoms with van der Waals surface area (Å²) in [5.74, 6) is -0.865. The van der Waals surface area contributed by atoms with Gasteiger partial charge in [0.15, 0.2) is 0 Å². The summed E-state index contributed by atoms with van der Waals surface area (Å²) in [6.45, 7) is 1.72. The highest BCUT2D eigenvalue weighted by atomic mass is 16.2. The number of carbonyl (C=O) groups is 1. The number of carbonyl (C=O) groups excluding carboxylic acids is 1. The maximum atomic E-state index is 12.9. The molecule has 2 aromatic carbocycles. The number of rotatable bonds is 4. The molecule has 2 aromatic heterocycles. The number of hydrogen-bond acceptors (Lipinski definition) is 4. The van der Waals surface area contributed by atoms with Crippen molar-refractivity contribution in [2.24, 2.45) is 7.05 Å². The third-order valence-corrected chi connectivity index (χ3v) is 4.63. The average molecular weight is 390 g/mol. The second-order valence-corrected chi connectivity index (χ2v) is 6.42. The molecule has 1 amide bonds. The van der Waals surface area contributed by atoms with Gasteiger partial charge in [0, 0.05) is 7.05 Å². The summed E-state index contributed by atoms with van der Waals surface area (Å²) in [5, 5.41) is 6.62. The van der Waals surface area contributed by atoms with Crippen LogP contribution in [0.4, 0.5) is 5.69 Å². The Balaban J connectivity index is 1.68. The van der Waals surface area contributed by atoms with Crippen molar-refractivity contribution in [3.05, 3.63) is 93.0 Å². The maximum absolute atomic E-state index is 12.9. The van der Waals surface area contributed by atoms with Crippen molar-refractivity contribution in [2.45, 2.75) is 6.92 Å². The van der Waals surface area contributed by atoms with Crippen LogP contribution in [-0.4, -0.2) is 30.0 Å². The highest BCUT2D eigenvalue weighted by Gasteiger charge is 2.21. The summed E-state index contributed by atoms with van der Waals surface area (Å²) in [6.07, 6.45) is 0. The Kier molecular flexibility index (Phi) is 4.47. The SMILES string of the molecule is Cc1c(NC(=O)c2nn(-c3ccccc3)c(=O)[nH]2)c(=O)n(-c2ccccc2)n1C. The van der Waals surface area contributed by atoms with Crippen molar-refractivity contribution >= 4 is 11.6 Å². The fourth-order valence-corrected chi connectivity index (χ4v) is 3.06. The molecule has 0 spiro atoms. The lowest BCUT2D eigenvalue weighted by atomic mass is 10.3. The molecule has 0 aliphatic heterocycles. The van der Waals surface area contributed by atoms with Gasteiger partial charge >= 0.3 is 5.69 Å². The minimum absolute atomic E-state index is 0.122. The Hall–Kier alpha value is -4.14. The van der Waals surface area contributed by atoms with Crippen LogP contribution in [0.3, 0.4) is 0 Å². The van der Waals surface area contributed by atoms with E-state index in [9.17, 15) is 14.4 Å². The normalized spacial score (nSPS) is 10.8. The number of benzene rings is 2. The Morgan fingerprint density at radius 1 is 0.966 bits per heavy atom. The van der Waals surface area contributed by atoms with Crippen LogP contribution in [0.1, 0.15) is 16.3 Å². The molecule has 0 atom stereocenters. The zero-order chi connectivity index (χ0) is 20.5. The summed E-state index contributed by atoms with van der Waals surface area (Å²) in [4.78, 5) is 40.2. The van der Waals surface area contributed by atoms with Crippen molar-refractivity contribution in [1.29, 1.82) is 0 Å². The summed E-state index contributed by atoms with van der Waals surface area (Å²) >= 11 is 0. The molecule has 2 heterocycles. The second kappa shape index (κ2) is 7.12. The third kappa shape index (κ3) is 3.18. The van der Waals surface area contributed by atoms with Crippen LogP contribution in [-0.2, 0) is 7.05 Å². The summed E-state index contributed by atoms with van der Waals surface area (Å²) < 4.78 is 4.20. The fraction of sp³-hybridized carbons (Fsp3) is 0.100. The van der Waals surface area contributed by atoms with Crippen LogP contribution >= 0.6 is 0 Å². The van der Waals surface area contributed by atoms with E-state index in [1.807, 2.05) is 24.3 Å². The number of nitrogens with zero attached hydrogens (tertiary/aromatic N) is 4. The summed E-state index contributed by atoms with van der Waals surface area (Å²) in [7, 11) is 1.73. The fourth-order valence-electron chi connectivity index (χ4n) is 3.06. The molecule has 4 aromatic rings. The molecule has 146 valence electrons. The first-order chi connectivity index (χ1) is 14.0. The van der Waals surface area contributed by atoms with Gasteiger partial charge in [-0.3, -0.25) is 19.3 Å². The van der Waals surface area contributed by atoms with Gasteiger partial charge in [-0.1, -0.05) is 36.4 Å². The van der Waals surface area contributed by atoms with Gasteiger partial charge in [0.2, 0.25) is 5.82 Å². The first kappa shape index (κ1) is 18.2.